The number of alkyl halides is 6. The molecule has 0 radical (unpaired) electrons. The second-order valence-corrected chi connectivity index (χ2v) is 10.2. The number of pyridine rings is 1. The lowest BCUT2D eigenvalue weighted by molar-refractivity contribution is -0.117. The first-order valence-corrected chi connectivity index (χ1v) is 12.1. The van der Waals surface area contributed by atoms with Gasteiger partial charge in [0.25, 0.3) is 25.2 Å². The first kappa shape index (κ1) is 26.9. The van der Waals surface area contributed by atoms with Gasteiger partial charge in [0, 0.05) is 20.7 Å². The molecule has 0 fully saturated rings. The zero-order chi connectivity index (χ0) is 27.2. The molecule has 4 aromatic heterocycles. The number of hydrogen-bond donors (Lipinski definition) is 2. The van der Waals surface area contributed by atoms with E-state index in [1.54, 1.807) is 19.1 Å². The lowest BCUT2D eigenvalue weighted by Crippen LogP contribution is -2.23. The van der Waals surface area contributed by atoms with E-state index >= 15 is 0 Å². The van der Waals surface area contributed by atoms with E-state index in [0.29, 0.717) is 20.9 Å². The van der Waals surface area contributed by atoms with Gasteiger partial charge in [0.15, 0.2) is 0 Å². The summed E-state index contributed by atoms with van der Waals surface area (Å²) in [6.45, 7) is 0.812. The number of anilines is 1. The first-order valence-electron chi connectivity index (χ1n) is 10.1. The fourth-order valence-electron chi connectivity index (χ4n) is 3.55. The summed E-state index contributed by atoms with van der Waals surface area (Å²) in [4.78, 5) is 30.0. The summed E-state index contributed by atoms with van der Waals surface area (Å²) in [7, 11) is 0. The number of primary amides is 1. The molecule has 4 aromatic rings. The molecule has 0 unspecified atom stereocenters. The van der Waals surface area contributed by atoms with Crippen LogP contribution in [0.25, 0.3) is 20.7 Å². The SMILES string of the molecule is Cc1ccc(-c2cc(C(F)F)nc3sc(C(N)=O)c(NC(=O)Cn4nc(C(F)F)c(Cl)c4C(F)F)c23)s1. The van der Waals surface area contributed by atoms with Crippen LogP contribution in [0.2, 0.25) is 5.02 Å². The van der Waals surface area contributed by atoms with Crippen LogP contribution in [-0.2, 0) is 11.3 Å². The highest BCUT2D eigenvalue weighted by Gasteiger charge is 2.30. The molecule has 0 aliphatic carbocycles. The van der Waals surface area contributed by atoms with Crippen molar-refractivity contribution in [1.29, 1.82) is 0 Å². The largest absolute Gasteiger partial charge is 0.365 e. The lowest BCUT2D eigenvalue weighted by Gasteiger charge is -2.11. The Hall–Kier alpha value is -3.17. The maximum absolute atomic E-state index is 13.6. The normalized spacial score (nSPS) is 11.9. The van der Waals surface area contributed by atoms with Crippen molar-refractivity contribution in [3.05, 3.63) is 50.1 Å². The van der Waals surface area contributed by atoms with Crippen LogP contribution in [0.3, 0.4) is 0 Å². The van der Waals surface area contributed by atoms with Crippen LogP contribution < -0.4 is 11.1 Å². The van der Waals surface area contributed by atoms with Crippen molar-refractivity contribution in [2.24, 2.45) is 5.73 Å². The number of thiophene rings is 2. The van der Waals surface area contributed by atoms with Crippen LogP contribution in [0, 0.1) is 6.92 Å². The molecule has 4 rings (SSSR count). The highest BCUT2D eigenvalue weighted by atomic mass is 35.5. The molecule has 0 aliphatic rings. The Morgan fingerprint density at radius 2 is 1.81 bits per heavy atom. The maximum atomic E-state index is 13.6. The highest BCUT2D eigenvalue weighted by molar-refractivity contribution is 7.21. The Labute approximate surface area is 216 Å². The smallest absolute Gasteiger partial charge is 0.283 e. The summed E-state index contributed by atoms with van der Waals surface area (Å²) >= 11 is 7.53. The van der Waals surface area contributed by atoms with Gasteiger partial charge in [0.2, 0.25) is 5.91 Å². The summed E-state index contributed by atoms with van der Waals surface area (Å²) in [6, 6.07) is 4.51. The molecule has 3 N–H and O–H groups in total. The molecule has 7 nitrogen and oxygen atoms in total. The van der Waals surface area contributed by atoms with Crippen LogP contribution in [0.1, 0.15) is 50.9 Å². The van der Waals surface area contributed by atoms with Crippen LogP contribution >= 0.6 is 34.3 Å². The third-order valence-corrected chi connectivity index (χ3v) is 7.58. The average Bonchev–Trinajstić information content (AvgIpc) is 3.48. The first-order chi connectivity index (χ1) is 17.4. The van der Waals surface area contributed by atoms with Gasteiger partial charge in [-0.1, -0.05) is 11.6 Å². The second-order valence-electron chi connectivity index (χ2n) is 7.55. The average molecular weight is 582 g/mol. The van der Waals surface area contributed by atoms with Crippen LogP contribution in [-0.4, -0.2) is 26.6 Å². The predicted molar refractivity (Wildman–Crippen MR) is 127 cm³/mol. The quantitative estimate of drug-likeness (QED) is 0.225. The summed E-state index contributed by atoms with van der Waals surface area (Å²) in [6.07, 6.45) is -9.54. The topological polar surface area (TPSA) is 103 Å². The van der Waals surface area contributed by atoms with Crippen molar-refractivity contribution in [2.75, 3.05) is 5.32 Å². The van der Waals surface area contributed by atoms with Crippen molar-refractivity contribution < 1.29 is 35.9 Å². The molecule has 37 heavy (non-hydrogen) atoms. The fraction of sp³-hybridized carbons (Fsp3) is 0.238. The molecule has 0 aromatic carbocycles. The molecule has 2 amide bonds. The summed E-state index contributed by atoms with van der Waals surface area (Å²) in [5.74, 6) is -2.06. The number of carbonyl (C=O) groups is 2. The number of fused-ring (bicyclic) bond motifs is 1. The summed E-state index contributed by atoms with van der Waals surface area (Å²) < 4.78 is 80.6. The molecule has 0 aliphatic heterocycles. The van der Waals surface area contributed by atoms with Crippen LogP contribution in [0.5, 0.6) is 0 Å². The molecular formula is C21H14ClF6N5O2S2. The van der Waals surface area contributed by atoms with Gasteiger partial charge >= 0.3 is 0 Å². The van der Waals surface area contributed by atoms with Crippen molar-refractivity contribution >= 4 is 62.0 Å². The predicted octanol–water partition coefficient (Wildman–Crippen LogP) is 6.73. The molecule has 4 heterocycles. The minimum absolute atomic E-state index is 0.0293. The maximum Gasteiger partial charge on any atom is 0.283 e. The molecule has 16 heteroatoms. The van der Waals surface area contributed by atoms with Crippen LogP contribution in [0.4, 0.5) is 32.0 Å². The van der Waals surface area contributed by atoms with E-state index in [2.05, 4.69) is 15.4 Å². The molecule has 0 saturated heterocycles. The molecule has 0 spiro atoms. The monoisotopic (exact) mass is 581 g/mol. The number of nitrogens with two attached hydrogens (primary N) is 1. The third-order valence-electron chi connectivity index (χ3n) is 5.06. The molecule has 0 bridgehead atoms. The van der Waals surface area contributed by atoms with E-state index in [9.17, 15) is 35.9 Å². The molecule has 196 valence electrons. The van der Waals surface area contributed by atoms with E-state index in [1.165, 1.54) is 11.3 Å². The Morgan fingerprint density at radius 3 is 2.35 bits per heavy atom. The molecule has 0 atom stereocenters. The zero-order valence-corrected chi connectivity index (χ0v) is 20.8. The van der Waals surface area contributed by atoms with Gasteiger partial charge in [0.05, 0.1) is 10.7 Å². The standard InChI is InChI=1S/C21H14ClF6N5O2S2/c1-6-2-3-9(36-6)7-4-8(17(23)24)30-21-11(7)13(16(37-21)20(29)35)31-10(34)5-33-15(19(27)28)12(22)14(32-33)18(25)26/h2-4,17-19H,5H2,1H3,(H2,29,35)(H,31,34). The van der Waals surface area contributed by atoms with Gasteiger partial charge in [-0.25, -0.2) is 31.3 Å². The Balaban J connectivity index is 1.83. The minimum Gasteiger partial charge on any atom is -0.365 e. The van der Waals surface area contributed by atoms with Crippen LogP contribution in [0.15, 0.2) is 18.2 Å². The van der Waals surface area contributed by atoms with E-state index in [4.69, 9.17) is 17.3 Å². The number of hydrogen-bond acceptors (Lipinski definition) is 6. The number of nitrogens with one attached hydrogen (secondary N) is 1. The summed E-state index contributed by atoms with van der Waals surface area (Å²) in [5, 5.41) is 4.84. The van der Waals surface area contributed by atoms with E-state index in [-0.39, 0.29) is 26.3 Å². The van der Waals surface area contributed by atoms with Gasteiger partial charge in [-0.05, 0) is 25.1 Å². The highest BCUT2D eigenvalue weighted by Crippen LogP contribution is 2.44. The second kappa shape index (κ2) is 10.3. The van der Waals surface area contributed by atoms with Gasteiger partial charge in [-0.2, -0.15) is 5.10 Å². The number of halogens is 7. The zero-order valence-electron chi connectivity index (χ0n) is 18.4. The Bertz CT molecular complexity index is 1520. The van der Waals surface area contributed by atoms with Crippen molar-refractivity contribution in [3.8, 4) is 10.4 Å². The number of carbonyl (C=O) groups excluding carboxylic acids is 2. The molecular weight excluding hydrogens is 568 g/mol. The number of rotatable bonds is 8. The number of nitrogens with zero attached hydrogens (tertiary/aromatic N) is 3. The summed E-state index contributed by atoms with van der Waals surface area (Å²) in [5.41, 5.74) is 2.71. The van der Waals surface area contributed by atoms with E-state index in [1.807, 2.05) is 0 Å². The van der Waals surface area contributed by atoms with Gasteiger partial charge < -0.3 is 11.1 Å². The van der Waals surface area contributed by atoms with E-state index < -0.39 is 59.7 Å². The van der Waals surface area contributed by atoms with Gasteiger partial charge in [-0.15, -0.1) is 22.7 Å². The number of aryl methyl sites for hydroxylation is 1. The van der Waals surface area contributed by atoms with Crippen molar-refractivity contribution in [3.63, 3.8) is 0 Å². The Morgan fingerprint density at radius 1 is 1.11 bits per heavy atom. The lowest BCUT2D eigenvalue weighted by atomic mass is 10.1. The van der Waals surface area contributed by atoms with Gasteiger partial charge in [-0.3, -0.25) is 14.3 Å². The number of amides is 2. The fourth-order valence-corrected chi connectivity index (χ4v) is 5.76. The minimum atomic E-state index is -3.32. The van der Waals surface area contributed by atoms with Crippen molar-refractivity contribution in [1.82, 2.24) is 14.8 Å². The third kappa shape index (κ3) is 5.15. The Kier molecular flexibility index (Phi) is 7.48. The van der Waals surface area contributed by atoms with Crippen molar-refractivity contribution in [2.45, 2.75) is 32.7 Å². The van der Waals surface area contributed by atoms with Gasteiger partial charge in [0.1, 0.15) is 33.3 Å². The number of aromatic nitrogens is 3. The van der Waals surface area contributed by atoms with E-state index in [0.717, 1.165) is 10.9 Å². The molecule has 0 saturated carbocycles.